The Hall–Kier alpha value is -1.06. The average Bonchev–Trinajstić information content (AvgIpc) is 2.58. The van der Waals surface area contributed by atoms with Gasteiger partial charge >= 0.3 is 0 Å². The SMILES string of the molecule is CCC(CC)(C(=O)N1CCCC(CNC)C1)c1ccc(Cl)cc1. The number of rotatable bonds is 6. The molecule has 0 radical (unpaired) electrons. The summed E-state index contributed by atoms with van der Waals surface area (Å²) in [5, 5.41) is 3.97. The summed E-state index contributed by atoms with van der Waals surface area (Å²) >= 11 is 6.03. The van der Waals surface area contributed by atoms with Gasteiger partial charge < -0.3 is 10.2 Å². The Balaban J connectivity index is 2.25. The average molecular weight is 337 g/mol. The molecule has 3 nitrogen and oxygen atoms in total. The minimum Gasteiger partial charge on any atom is -0.342 e. The van der Waals surface area contributed by atoms with Crippen molar-refractivity contribution < 1.29 is 4.79 Å². The number of benzene rings is 1. The van der Waals surface area contributed by atoms with Gasteiger partial charge in [-0.15, -0.1) is 0 Å². The Morgan fingerprint density at radius 2 is 1.96 bits per heavy atom. The second-order valence-electron chi connectivity index (χ2n) is 6.61. The van der Waals surface area contributed by atoms with Crippen LogP contribution in [-0.4, -0.2) is 37.5 Å². The Labute approximate surface area is 145 Å². The zero-order chi connectivity index (χ0) is 16.9. The lowest BCUT2D eigenvalue weighted by Gasteiger charge is -2.40. The van der Waals surface area contributed by atoms with Gasteiger partial charge in [0.15, 0.2) is 0 Å². The van der Waals surface area contributed by atoms with Crippen molar-refractivity contribution in [3.8, 4) is 0 Å². The van der Waals surface area contributed by atoms with E-state index in [0.29, 0.717) is 5.92 Å². The van der Waals surface area contributed by atoms with Crippen LogP contribution in [0.15, 0.2) is 24.3 Å². The van der Waals surface area contributed by atoms with Crippen LogP contribution in [0.2, 0.25) is 5.02 Å². The molecular weight excluding hydrogens is 308 g/mol. The zero-order valence-electron chi connectivity index (χ0n) is 14.6. The van der Waals surface area contributed by atoms with Crippen LogP contribution >= 0.6 is 11.6 Å². The fraction of sp³-hybridized carbons (Fsp3) is 0.632. The third-order valence-corrected chi connectivity index (χ3v) is 5.56. The highest BCUT2D eigenvalue weighted by molar-refractivity contribution is 6.30. The van der Waals surface area contributed by atoms with Crippen LogP contribution in [0.4, 0.5) is 0 Å². The predicted octanol–water partition coefficient (Wildman–Crippen LogP) is 3.86. The van der Waals surface area contributed by atoms with E-state index in [1.54, 1.807) is 0 Å². The number of nitrogens with zero attached hydrogens (tertiary/aromatic N) is 1. The quantitative estimate of drug-likeness (QED) is 0.855. The molecule has 1 aromatic carbocycles. The molecule has 1 saturated heterocycles. The van der Waals surface area contributed by atoms with Crippen molar-refractivity contribution in [2.75, 3.05) is 26.7 Å². The fourth-order valence-corrected chi connectivity index (χ4v) is 3.99. The second-order valence-corrected chi connectivity index (χ2v) is 7.05. The van der Waals surface area contributed by atoms with E-state index in [-0.39, 0.29) is 5.91 Å². The Morgan fingerprint density at radius 1 is 1.30 bits per heavy atom. The molecule has 1 heterocycles. The largest absolute Gasteiger partial charge is 0.342 e. The van der Waals surface area contributed by atoms with Crippen molar-refractivity contribution in [3.05, 3.63) is 34.9 Å². The number of hydrogen-bond acceptors (Lipinski definition) is 2. The van der Waals surface area contributed by atoms with E-state index in [1.165, 1.54) is 6.42 Å². The normalized spacial score (nSPS) is 19.0. The Kier molecular flexibility index (Phi) is 6.49. The molecule has 1 N–H and O–H groups in total. The first-order valence-electron chi connectivity index (χ1n) is 8.77. The van der Waals surface area contributed by atoms with Crippen LogP contribution in [0, 0.1) is 5.92 Å². The molecule has 1 atom stereocenters. The van der Waals surface area contributed by atoms with Crippen LogP contribution in [-0.2, 0) is 10.2 Å². The monoisotopic (exact) mass is 336 g/mol. The maximum Gasteiger partial charge on any atom is 0.233 e. The van der Waals surface area contributed by atoms with Crippen molar-refractivity contribution in [1.82, 2.24) is 10.2 Å². The third kappa shape index (κ3) is 3.89. The van der Waals surface area contributed by atoms with Gasteiger partial charge in [-0.1, -0.05) is 37.6 Å². The summed E-state index contributed by atoms with van der Waals surface area (Å²) in [6, 6.07) is 7.82. The summed E-state index contributed by atoms with van der Waals surface area (Å²) in [5.74, 6) is 0.847. The highest BCUT2D eigenvalue weighted by Crippen LogP contribution is 2.35. The van der Waals surface area contributed by atoms with E-state index in [9.17, 15) is 4.79 Å². The molecule has 0 saturated carbocycles. The molecule has 0 aromatic heterocycles. The molecule has 0 bridgehead atoms. The number of carbonyl (C=O) groups excluding carboxylic acids is 1. The summed E-state index contributed by atoms with van der Waals surface area (Å²) in [4.78, 5) is 15.5. The number of piperidine rings is 1. The van der Waals surface area contributed by atoms with Gasteiger partial charge in [0.2, 0.25) is 5.91 Å². The first kappa shape index (κ1) is 18.3. The molecule has 1 aromatic rings. The fourth-order valence-electron chi connectivity index (χ4n) is 3.86. The van der Waals surface area contributed by atoms with Crippen molar-refractivity contribution in [2.24, 2.45) is 5.92 Å². The number of hydrogen-bond donors (Lipinski definition) is 1. The van der Waals surface area contributed by atoms with Crippen LogP contribution < -0.4 is 5.32 Å². The van der Waals surface area contributed by atoms with Gasteiger partial charge in [0, 0.05) is 18.1 Å². The van der Waals surface area contributed by atoms with Gasteiger partial charge in [-0.25, -0.2) is 0 Å². The lowest BCUT2D eigenvalue weighted by molar-refractivity contribution is -0.139. The Bertz CT molecular complexity index is 509. The van der Waals surface area contributed by atoms with Crippen LogP contribution in [0.3, 0.4) is 0 Å². The highest BCUT2D eigenvalue weighted by Gasteiger charge is 2.40. The number of likely N-dealkylation sites (tertiary alicyclic amines) is 1. The van der Waals surface area contributed by atoms with Gasteiger partial charge in [-0.2, -0.15) is 0 Å². The molecule has 2 rings (SSSR count). The molecule has 1 amide bonds. The van der Waals surface area contributed by atoms with E-state index in [4.69, 9.17) is 11.6 Å². The molecule has 23 heavy (non-hydrogen) atoms. The van der Waals surface area contributed by atoms with Gasteiger partial charge in [-0.05, 0) is 62.9 Å². The van der Waals surface area contributed by atoms with Gasteiger partial charge in [0.05, 0.1) is 5.41 Å². The zero-order valence-corrected chi connectivity index (χ0v) is 15.3. The standard InChI is InChI=1S/C19H29ClN2O/c1-4-19(5-2,16-8-10-17(20)11-9-16)18(23)22-12-6-7-15(14-22)13-21-3/h8-11,15,21H,4-7,12-14H2,1-3H3. The minimum absolute atomic E-state index is 0.283. The highest BCUT2D eigenvalue weighted by atomic mass is 35.5. The molecule has 0 spiro atoms. The van der Waals surface area contributed by atoms with Crippen molar-refractivity contribution in [3.63, 3.8) is 0 Å². The summed E-state index contributed by atoms with van der Waals surface area (Å²) in [6.45, 7) is 6.97. The molecule has 4 heteroatoms. The number of halogens is 1. The third-order valence-electron chi connectivity index (χ3n) is 5.31. The molecule has 1 aliphatic heterocycles. The number of amides is 1. The summed E-state index contributed by atoms with van der Waals surface area (Å²) in [6.07, 6.45) is 3.94. The second kappa shape index (κ2) is 8.16. The van der Waals surface area contributed by atoms with Gasteiger partial charge in [-0.3, -0.25) is 4.79 Å². The maximum atomic E-state index is 13.4. The molecule has 1 aliphatic rings. The number of nitrogens with one attached hydrogen (secondary N) is 1. The lowest BCUT2D eigenvalue weighted by atomic mass is 9.74. The predicted molar refractivity (Wildman–Crippen MR) is 96.9 cm³/mol. The topological polar surface area (TPSA) is 32.3 Å². The van der Waals surface area contributed by atoms with Gasteiger partial charge in [0.1, 0.15) is 0 Å². The maximum absolute atomic E-state index is 13.4. The van der Waals surface area contributed by atoms with Crippen LogP contribution in [0.25, 0.3) is 0 Å². The van der Waals surface area contributed by atoms with Crippen molar-refractivity contribution in [2.45, 2.75) is 44.9 Å². The van der Waals surface area contributed by atoms with E-state index >= 15 is 0 Å². The molecule has 1 fully saturated rings. The Morgan fingerprint density at radius 3 is 2.52 bits per heavy atom. The van der Waals surface area contributed by atoms with Crippen molar-refractivity contribution in [1.29, 1.82) is 0 Å². The first-order chi connectivity index (χ1) is 11.1. The summed E-state index contributed by atoms with van der Waals surface area (Å²) in [5.41, 5.74) is 0.666. The van der Waals surface area contributed by atoms with Crippen molar-refractivity contribution >= 4 is 17.5 Å². The van der Waals surface area contributed by atoms with Crippen LogP contribution in [0.5, 0.6) is 0 Å². The van der Waals surface area contributed by atoms with Crippen LogP contribution in [0.1, 0.15) is 45.1 Å². The smallest absolute Gasteiger partial charge is 0.233 e. The van der Waals surface area contributed by atoms with E-state index in [1.807, 2.05) is 31.3 Å². The van der Waals surface area contributed by atoms with E-state index in [2.05, 4.69) is 24.1 Å². The molecule has 1 unspecified atom stereocenters. The first-order valence-corrected chi connectivity index (χ1v) is 9.15. The van der Waals surface area contributed by atoms with E-state index < -0.39 is 5.41 Å². The molecule has 128 valence electrons. The van der Waals surface area contributed by atoms with Gasteiger partial charge in [0.25, 0.3) is 0 Å². The summed E-state index contributed by atoms with van der Waals surface area (Å²) in [7, 11) is 1.98. The lowest BCUT2D eigenvalue weighted by Crippen LogP contribution is -2.51. The van der Waals surface area contributed by atoms with E-state index in [0.717, 1.165) is 49.5 Å². The minimum atomic E-state index is -0.424. The summed E-state index contributed by atoms with van der Waals surface area (Å²) < 4.78 is 0. The molecular formula is C19H29ClN2O. The number of carbonyl (C=O) groups is 1. The molecule has 0 aliphatic carbocycles.